The second-order valence-corrected chi connectivity index (χ2v) is 70.2. The summed E-state index contributed by atoms with van der Waals surface area (Å²) in [6.07, 6.45) is 8.46. The van der Waals surface area contributed by atoms with Crippen LogP contribution in [-0.4, -0.2) is 62.5 Å². The zero-order valence-corrected chi connectivity index (χ0v) is 82.9. The lowest BCUT2D eigenvalue weighted by Crippen LogP contribution is -2.26. The number of aromatic amines is 1. The summed E-state index contributed by atoms with van der Waals surface area (Å²) in [5, 5.41) is 11.3. The second kappa shape index (κ2) is 41.9. The molecule has 21 heteroatoms. The van der Waals surface area contributed by atoms with Crippen molar-refractivity contribution in [1.29, 1.82) is 0 Å². The Morgan fingerprint density at radius 3 is 1.11 bits per heavy atom. The van der Waals surface area contributed by atoms with E-state index >= 15 is 0 Å². The first-order valence-corrected chi connectivity index (χ1v) is 55.6. The summed E-state index contributed by atoms with van der Waals surface area (Å²) < 4.78 is 28.1. The molecule has 3 N–H and O–H groups in total. The van der Waals surface area contributed by atoms with E-state index in [1.54, 1.807) is 0 Å². The van der Waals surface area contributed by atoms with Crippen LogP contribution in [0.3, 0.4) is 0 Å². The number of benzene rings is 6. The zero-order valence-electron chi connectivity index (χ0n) is 67.6. The lowest BCUT2D eigenvalue weighted by molar-refractivity contribution is -0.106. The molecule has 8 nitrogen and oxygen atoms in total. The van der Waals surface area contributed by atoms with Crippen LogP contribution in [-0.2, 0) is 42.0 Å². The molecule has 2 fully saturated rings. The minimum Gasteiger partial charge on any atom is -0.464 e. The quantitative estimate of drug-likeness (QED) is 0.0572. The first kappa shape index (κ1) is 95.6. The largest absolute Gasteiger partial charge is 0.464 e. The molecule has 2 aromatic heterocycles. The molecule has 10 rings (SSSR count). The minimum absolute atomic E-state index is 0. The number of likely N-dealkylation sites (N-methyl/N-ethyl adjacent to an activating group) is 2. The molecule has 2 saturated heterocycles. The second-order valence-electron chi connectivity index (χ2n) is 35.3. The van der Waals surface area contributed by atoms with Gasteiger partial charge in [-0.15, -0.1) is 62.5 Å². The number of rotatable bonds is 14. The average molecular weight is 1740 g/mol. The maximum absolute atomic E-state index is 6.69. The Kier molecular flexibility index (Phi) is 38.9. The van der Waals surface area contributed by atoms with Crippen LogP contribution in [0, 0.1) is 14.4 Å². The molecule has 11 atom stereocenters. The van der Waals surface area contributed by atoms with Crippen LogP contribution >= 0.6 is 124 Å². The molecule has 4 heterocycles. The van der Waals surface area contributed by atoms with E-state index in [1.165, 1.54) is 87.0 Å². The summed E-state index contributed by atoms with van der Waals surface area (Å²) in [7, 11) is 24.3. The lowest BCUT2D eigenvalue weighted by atomic mass is 9.72. The van der Waals surface area contributed by atoms with Gasteiger partial charge < -0.3 is 39.1 Å². The van der Waals surface area contributed by atoms with Gasteiger partial charge in [-0.1, -0.05) is 197 Å². The van der Waals surface area contributed by atoms with Gasteiger partial charge in [0.1, 0.15) is 11.5 Å². The molecule has 0 radical (unpaired) electrons. The molecular formula is C82H137IN4O4P12. The fourth-order valence-electron chi connectivity index (χ4n) is 13.3. The van der Waals surface area contributed by atoms with E-state index in [2.05, 4.69) is 367 Å². The van der Waals surface area contributed by atoms with Crippen molar-refractivity contribution in [2.75, 3.05) is 40.4 Å². The van der Waals surface area contributed by atoms with Crippen LogP contribution in [0.5, 0.6) is 11.5 Å². The van der Waals surface area contributed by atoms with E-state index < -0.39 is 0 Å². The highest BCUT2D eigenvalue weighted by Gasteiger charge is 2.32. The van der Waals surface area contributed by atoms with Gasteiger partial charge in [0.2, 0.25) is 0 Å². The molecule has 0 saturated carbocycles. The Hall–Kier alpha value is 0.250. The average Bonchev–Trinajstić information content (AvgIpc) is 1.59. The fourth-order valence-corrected chi connectivity index (χ4v) is 13.9. The molecule has 576 valence electrons. The SMILES string of the molecule is CC(C)(C)CC(C)(C)c1ccc(OC2CCCCO2)c(-n2c3ccc(C(C)(C)C)cc3c3cc(C(C)(C)C)ccc32)c1.CC(C)(C)CC(C)(C)c1ccc(OC2CCCCO2)c(I)c1.CC(C)(C)c1ccc2[nH]c3ccc(C(C)(C)C)cc3c2c1.CNCCNC.P.PP(P)P(P)P.PPP(P)P. The molecule has 8 aromatic rings. The molecular weight excluding hydrogens is 1600 g/mol. The van der Waals surface area contributed by atoms with Gasteiger partial charge in [0.15, 0.2) is 12.6 Å². The highest BCUT2D eigenvalue weighted by Crippen LogP contribution is 2.86. The Morgan fingerprint density at radius 2 is 0.796 bits per heavy atom. The van der Waals surface area contributed by atoms with Crippen molar-refractivity contribution in [2.24, 2.45) is 10.8 Å². The summed E-state index contributed by atoms with van der Waals surface area (Å²) >= 11 is 2.38. The third-order valence-corrected chi connectivity index (χ3v) is 52.4. The molecule has 0 spiro atoms. The van der Waals surface area contributed by atoms with Gasteiger partial charge in [-0.2, -0.15) is 9.90 Å². The zero-order chi connectivity index (χ0) is 76.7. The Bertz CT molecular complexity index is 3760. The Balaban J connectivity index is 0.000000310. The van der Waals surface area contributed by atoms with Gasteiger partial charge >= 0.3 is 0 Å². The molecule has 6 aromatic carbocycles. The van der Waals surface area contributed by atoms with Crippen LogP contribution in [0.25, 0.3) is 49.3 Å². The van der Waals surface area contributed by atoms with Crippen LogP contribution in [0.15, 0.2) is 109 Å². The maximum Gasteiger partial charge on any atom is 0.199 e. The van der Waals surface area contributed by atoms with E-state index in [-0.39, 0.29) is 81.3 Å². The summed E-state index contributed by atoms with van der Waals surface area (Å²) in [4.78, 5) is 3.54. The number of nitrogens with one attached hydrogen (secondary N) is 3. The summed E-state index contributed by atoms with van der Waals surface area (Å²) in [5.41, 5.74) is 15.3. The minimum atomic E-state index is -0.209. The number of ether oxygens (including phenoxy) is 4. The van der Waals surface area contributed by atoms with E-state index in [9.17, 15) is 0 Å². The summed E-state index contributed by atoms with van der Waals surface area (Å²) in [6.45, 7) is 54.9. The molecule has 0 bridgehead atoms. The standard InChI is InChI=1S/C39H53NO2.C20H25N.C19H29IO2.C4H12N2.H8P6.H7P5.H3P/c1-36(2,3)25-39(10,11)28-17-20-34(42-35-14-12-13-21-41-35)33(24-28)40-31-18-15-26(37(4,5)6)22-29(31)30-23-27(38(7,8)9)16-19-32(30)40;1-19(2,3)13-7-9-17-15(11-13)16-12-14(20(4,5)6)8-10-18(16)21-17;1-18(2,3)13-19(4,5)14-9-10-16(15(20)12-14)22-17-8-6-7-11-21-17;1-5-3-4-6-2;1-5(2)6(3)4;1-4-5(2)3;/h15-20,22-24,35H,12-14,21,25H2,1-11H3;7-12,21H,1-6H3;9-10,12,17H,6-8,11,13H2,1-5H3;5-6H,3-4H2,1-2H3;1-4H2;4H,1-3H2;1H3. The van der Waals surface area contributed by atoms with Crippen molar-refractivity contribution in [3.05, 3.63) is 146 Å². The number of hydrogen-bond acceptors (Lipinski definition) is 6. The van der Waals surface area contributed by atoms with Crippen molar-refractivity contribution >= 4 is 168 Å². The summed E-state index contributed by atoms with van der Waals surface area (Å²) in [6, 6.07) is 41.1. The predicted molar refractivity (Wildman–Crippen MR) is 509 cm³/mol. The van der Waals surface area contributed by atoms with Gasteiger partial charge in [0.05, 0.1) is 33.5 Å². The van der Waals surface area contributed by atoms with Gasteiger partial charge in [-0.05, 0) is 246 Å². The van der Waals surface area contributed by atoms with Crippen LogP contribution < -0.4 is 20.1 Å². The maximum atomic E-state index is 6.69. The van der Waals surface area contributed by atoms with Crippen LogP contribution in [0.4, 0.5) is 0 Å². The van der Waals surface area contributed by atoms with Crippen molar-refractivity contribution in [2.45, 2.75) is 249 Å². The number of nitrogens with zero attached hydrogens (tertiary/aromatic N) is 1. The van der Waals surface area contributed by atoms with Crippen LogP contribution in [0.2, 0.25) is 0 Å². The van der Waals surface area contributed by atoms with Gasteiger partial charge in [0.25, 0.3) is 0 Å². The number of halogens is 1. The molecule has 103 heavy (non-hydrogen) atoms. The van der Waals surface area contributed by atoms with E-state index in [0.29, 0.717) is 5.41 Å². The summed E-state index contributed by atoms with van der Waals surface area (Å²) in [5.74, 6) is 1.83. The number of fused-ring (bicyclic) bond motifs is 6. The highest BCUT2D eigenvalue weighted by atomic mass is 127. The monoisotopic (exact) mass is 1740 g/mol. The van der Waals surface area contributed by atoms with Gasteiger partial charge in [-0.25, -0.2) is 0 Å². The number of aromatic nitrogens is 2. The number of H-pyrrole nitrogens is 1. The lowest BCUT2D eigenvalue weighted by Gasteiger charge is -2.34. The van der Waals surface area contributed by atoms with Crippen molar-refractivity contribution in [1.82, 2.24) is 20.2 Å². The van der Waals surface area contributed by atoms with Gasteiger partial charge in [0, 0.05) is 58.5 Å². The van der Waals surface area contributed by atoms with E-state index in [4.69, 9.17) is 18.9 Å². The first-order valence-electron chi connectivity index (χ1n) is 36.4. The van der Waals surface area contributed by atoms with Crippen LogP contribution in [0.1, 0.15) is 237 Å². The van der Waals surface area contributed by atoms with E-state index in [0.717, 1.165) is 96.4 Å². The molecule has 2 aliphatic rings. The third kappa shape index (κ3) is 30.6. The molecule has 11 unspecified atom stereocenters. The molecule has 2 aliphatic heterocycles. The normalized spacial score (nSPS) is 15.8. The smallest absolute Gasteiger partial charge is 0.199 e. The first-order chi connectivity index (χ1) is 47.1. The topological polar surface area (TPSA) is 81.7 Å². The number of hydrogen-bond donors (Lipinski definition) is 3. The van der Waals surface area contributed by atoms with E-state index in [1.807, 2.05) is 14.1 Å². The van der Waals surface area contributed by atoms with Crippen molar-refractivity contribution < 1.29 is 18.9 Å². The fraction of sp³-hybridized carbons (Fsp3) is 0.561. The third-order valence-electron chi connectivity index (χ3n) is 18.3. The Labute approximate surface area is 664 Å². The molecule has 0 aliphatic carbocycles. The molecule has 0 amide bonds. The van der Waals surface area contributed by atoms with Gasteiger partial charge in [-0.3, -0.25) is 0 Å². The highest BCUT2D eigenvalue weighted by molar-refractivity contribution is 14.1. The predicted octanol–water partition coefficient (Wildman–Crippen LogP) is 27.8. The Morgan fingerprint density at radius 1 is 0.466 bits per heavy atom. The van der Waals surface area contributed by atoms with Crippen molar-refractivity contribution in [3.63, 3.8) is 0 Å². The van der Waals surface area contributed by atoms with Crippen molar-refractivity contribution in [3.8, 4) is 17.2 Å².